The molecule has 0 spiro atoms. The van der Waals surface area contributed by atoms with E-state index in [9.17, 15) is 4.79 Å². The van der Waals surface area contributed by atoms with E-state index in [2.05, 4.69) is 4.98 Å². The highest BCUT2D eigenvalue weighted by molar-refractivity contribution is 6.00. The highest BCUT2D eigenvalue weighted by Crippen LogP contribution is 2.27. The lowest BCUT2D eigenvalue weighted by Gasteiger charge is -2.12. The van der Waals surface area contributed by atoms with Gasteiger partial charge < -0.3 is 4.74 Å². The molecule has 0 fully saturated rings. The number of rotatable bonds is 4. The Morgan fingerprint density at radius 2 is 1.84 bits per heavy atom. The summed E-state index contributed by atoms with van der Waals surface area (Å²) in [5, 5.41) is 0. The second-order valence-corrected chi connectivity index (χ2v) is 4.54. The molecule has 3 nitrogen and oxygen atoms in total. The minimum Gasteiger partial charge on any atom is -0.496 e. The van der Waals surface area contributed by atoms with Crippen molar-refractivity contribution in [1.29, 1.82) is 0 Å². The van der Waals surface area contributed by atoms with Crippen LogP contribution in [0.25, 0.3) is 0 Å². The van der Waals surface area contributed by atoms with Crippen LogP contribution in [0.1, 0.15) is 27.0 Å². The van der Waals surface area contributed by atoms with Gasteiger partial charge in [0.05, 0.1) is 12.7 Å². The maximum Gasteiger partial charge on any atom is 0.170 e. The number of aryl methyl sites for hydroxylation is 1. The fourth-order valence-electron chi connectivity index (χ4n) is 2.05. The van der Waals surface area contributed by atoms with E-state index in [0.29, 0.717) is 17.7 Å². The van der Waals surface area contributed by atoms with Crippen LogP contribution in [0.3, 0.4) is 0 Å². The Bertz CT molecular complexity index is 591. The average molecular weight is 255 g/mol. The Labute approximate surface area is 113 Å². The molecule has 98 valence electrons. The van der Waals surface area contributed by atoms with Crippen LogP contribution in [-0.2, 0) is 6.42 Å². The molecule has 2 rings (SSSR count). The van der Waals surface area contributed by atoms with Gasteiger partial charge in [0.1, 0.15) is 5.75 Å². The first-order valence-corrected chi connectivity index (χ1v) is 6.19. The molecule has 1 heterocycles. The van der Waals surface area contributed by atoms with Crippen LogP contribution in [0.2, 0.25) is 0 Å². The van der Waals surface area contributed by atoms with E-state index in [1.807, 2.05) is 38.1 Å². The highest BCUT2D eigenvalue weighted by Gasteiger charge is 2.15. The van der Waals surface area contributed by atoms with Crippen molar-refractivity contribution in [1.82, 2.24) is 4.98 Å². The predicted molar refractivity (Wildman–Crippen MR) is 74.7 cm³/mol. The first kappa shape index (κ1) is 13.3. The van der Waals surface area contributed by atoms with Gasteiger partial charge in [0, 0.05) is 18.8 Å². The number of ether oxygens (including phenoxy) is 1. The normalized spacial score (nSPS) is 10.3. The minimum atomic E-state index is 0.0613. The van der Waals surface area contributed by atoms with Crippen molar-refractivity contribution in [2.75, 3.05) is 7.11 Å². The molecule has 0 aliphatic rings. The number of hydrogen-bond acceptors (Lipinski definition) is 3. The van der Waals surface area contributed by atoms with Crippen molar-refractivity contribution in [3.63, 3.8) is 0 Å². The lowest BCUT2D eigenvalue weighted by Crippen LogP contribution is -2.07. The Kier molecular flexibility index (Phi) is 3.95. The summed E-state index contributed by atoms with van der Waals surface area (Å²) in [4.78, 5) is 16.3. The molecule has 1 aromatic heterocycles. The molecule has 2 aromatic rings. The number of aromatic nitrogens is 1. The first-order valence-electron chi connectivity index (χ1n) is 6.19. The zero-order valence-corrected chi connectivity index (χ0v) is 11.4. The number of pyridine rings is 1. The van der Waals surface area contributed by atoms with Gasteiger partial charge in [-0.3, -0.25) is 9.78 Å². The molecule has 19 heavy (non-hydrogen) atoms. The van der Waals surface area contributed by atoms with Gasteiger partial charge in [-0.1, -0.05) is 6.07 Å². The Morgan fingerprint density at radius 1 is 1.16 bits per heavy atom. The predicted octanol–water partition coefficient (Wildman–Crippen LogP) is 3.13. The highest BCUT2D eigenvalue weighted by atomic mass is 16.5. The molecular weight excluding hydrogens is 238 g/mol. The van der Waals surface area contributed by atoms with Crippen molar-refractivity contribution in [2.45, 2.75) is 20.3 Å². The monoisotopic (exact) mass is 255 g/mol. The molecular formula is C16H17NO2. The van der Waals surface area contributed by atoms with Gasteiger partial charge >= 0.3 is 0 Å². The third-order valence-corrected chi connectivity index (χ3v) is 3.30. The molecule has 0 bridgehead atoms. The molecule has 0 saturated carbocycles. The first-order chi connectivity index (χ1) is 9.13. The third-order valence-electron chi connectivity index (χ3n) is 3.30. The number of ketones is 1. The third kappa shape index (κ3) is 2.81. The summed E-state index contributed by atoms with van der Waals surface area (Å²) in [5.74, 6) is 0.741. The lowest BCUT2D eigenvalue weighted by atomic mass is 9.98. The van der Waals surface area contributed by atoms with Crippen LogP contribution in [0.5, 0.6) is 5.75 Å². The standard InChI is InChI=1S/C16H17NO2/c1-11-4-5-14(16(19-3)12(11)2)15(18)10-13-6-8-17-9-7-13/h4-9H,10H2,1-3H3. The van der Waals surface area contributed by atoms with Crippen molar-refractivity contribution >= 4 is 5.78 Å². The molecule has 0 N–H and O–H groups in total. The average Bonchev–Trinajstić information content (AvgIpc) is 2.42. The van der Waals surface area contributed by atoms with Crippen molar-refractivity contribution in [3.05, 3.63) is 58.9 Å². The van der Waals surface area contributed by atoms with E-state index < -0.39 is 0 Å². The Hall–Kier alpha value is -2.16. The molecule has 1 aromatic carbocycles. The van der Waals surface area contributed by atoms with Gasteiger partial charge in [0.2, 0.25) is 0 Å². The minimum absolute atomic E-state index is 0.0613. The summed E-state index contributed by atoms with van der Waals surface area (Å²) in [7, 11) is 1.60. The van der Waals surface area contributed by atoms with Gasteiger partial charge in [0.15, 0.2) is 5.78 Å². The molecule has 0 saturated heterocycles. The molecule has 0 aliphatic heterocycles. The van der Waals surface area contributed by atoms with Gasteiger partial charge in [-0.2, -0.15) is 0 Å². The summed E-state index contributed by atoms with van der Waals surface area (Å²) in [6.45, 7) is 3.98. The van der Waals surface area contributed by atoms with Crippen LogP contribution in [0.4, 0.5) is 0 Å². The fourth-order valence-corrected chi connectivity index (χ4v) is 2.05. The number of carbonyl (C=O) groups excluding carboxylic acids is 1. The van der Waals surface area contributed by atoms with E-state index >= 15 is 0 Å². The number of methoxy groups -OCH3 is 1. The van der Waals surface area contributed by atoms with Gasteiger partial charge in [-0.05, 0) is 48.7 Å². The number of nitrogens with zero attached hydrogens (tertiary/aromatic N) is 1. The van der Waals surface area contributed by atoms with Crippen LogP contribution >= 0.6 is 0 Å². The Balaban J connectivity index is 2.32. The molecule has 0 atom stereocenters. The zero-order valence-electron chi connectivity index (χ0n) is 11.4. The number of Topliss-reactive ketones (excluding diaryl/α,β-unsaturated/α-hetero) is 1. The van der Waals surface area contributed by atoms with Crippen molar-refractivity contribution in [2.24, 2.45) is 0 Å². The quantitative estimate of drug-likeness (QED) is 0.788. The van der Waals surface area contributed by atoms with Gasteiger partial charge in [-0.25, -0.2) is 0 Å². The smallest absolute Gasteiger partial charge is 0.170 e. The molecule has 0 amide bonds. The van der Waals surface area contributed by atoms with Crippen LogP contribution < -0.4 is 4.74 Å². The fraction of sp³-hybridized carbons (Fsp3) is 0.250. The Morgan fingerprint density at radius 3 is 2.47 bits per heavy atom. The summed E-state index contributed by atoms with van der Waals surface area (Å²) in [6.07, 6.45) is 3.75. The molecule has 0 radical (unpaired) electrons. The molecule has 0 unspecified atom stereocenters. The summed E-state index contributed by atoms with van der Waals surface area (Å²) >= 11 is 0. The molecule has 3 heteroatoms. The molecule has 0 aliphatic carbocycles. The zero-order chi connectivity index (χ0) is 13.8. The summed E-state index contributed by atoms with van der Waals surface area (Å²) in [5.41, 5.74) is 3.74. The maximum atomic E-state index is 12.4. The van der Waals surface area contributed by atoms with Crippen LogP contribution in [0.15, 0.2) is 36.7 Å². The van der Waals surface area contributed by atoms with Gasteiger partial charge in [0.25, 0.3) is 0 Å². The van der Waals surface area contributed by atoms with E-state index in [1.165, 1.54) is 0 Å². The van der Waals surface area contributed by atoms with Crippen molar-refractivity contribution < 1.29 is 9.53 Å². The van der Waals surface area contributed by atoms with Crippen molar-refractivity contribution in [3.8, 4) is 5.75 Å². The van der Waals surface area contributed by atoms with E-state index in [-0.39, 0.29) is 5.78 Å². The number of hydrogen-bond donors (Lipinski definition) is 0. The second-order valence-electron chi connectivity index (χ2n) is 4.54. The van der Waals surface area contributed by atoms with E-state index in [0.717, 1.165) is 16.7 Å². The van der Waals surface area contributed by atoms with Crippen LogP contribution in [0, 0.1) is 13.8 Å². The van der Waals surface area contributed by atoms with Crippen LogP contribution in [-0.4, -0.2) is 17.9 Å². The van der Waals surface area contributed by atoms with E-state index in [1.54, 1.807) is 19.5 Å². The lowest BCUT2D eigenvalue weighted by molar-refractivity contribution is 0.0990. The summed E-state index contributed by atoms with van der Waals surface area (Å²) in [6, 6.07) is 7.50. The summed E-state index contributed by atoms with van der Waals surface area (Å²) < 4.78 is 5.38. The second kappa shape index (κ2) is 5.65. The number of carbonyl (C=O) groups is 1. The van der Waals surface area contributed by atoms with E-state index in [4.69, 9.17) is 4.74 Å². The maximum absolute atomic E-state index is 12.4. The number of benzene rings is 1. The largest absolute Gasteiger partial charge is 0.496 e. The van der Waals surface area contributed by atoms with Gasteiger partial charge in [-0.15, -0.1) is 0 Å². The topological polar surface area (TPSA) is 39.2 Å². The SMILES string of the molecule is COc1c(C(=O)Cc2ccncc2)ccc(C)c1C.